The molecule has 4 heteroatoms. The lowest BCUT2D eigenvalue weighted by molar-refractivity contribution is 0.475. The van der Waals surface area contributed by atoms with Crippen LogP contribution in [0.1, 0.15) is 5.69 Å². The second kappa shape index (κ2) is 4.54. The van der Waals surface area contributed by atoms with Crippen molar-refractivity contribution in [3.8, 4) is 11.8 Å². The Labute approximate surface area is 99.4 Å². The number of aromatic hydroxyl groups is 1. The van der Waals surface area contributed by atoms with Gasteiger partial charge >= 0.3 is 0 Å². The molecule has 0 saturated carbocycles. The van der Waals surface area contributed by atoms with Crippen molar-refractivity contribution in [3.63, 3.8) is 0 Å². The molecule has 84 valence electrons. The van der Waals surface area contributed by atoms with Gasteiger partial charge in [-0.15, -0.1) is 0 Å². The first-order valence-electron chi connectivity index (χ1n) is 5.10. The van der Waals surface area contributed by atoms with Crippen LogP contribution >= 0.6 is 0 Å². The van der Waals surface area contributed by atoms with Gasteiger partial charge in [-0.2, -0.15) is 5.26 Å². The van der Waals surface area contributed by atoms with Gasteiger partial charge in [0.2, 0.25) is 0 Å². The molecule has 0 aliphatic rings. The number of hydrogen-bond acceptors (Lipinski definition) is 4. The Balaban J connectivity index is 2.33. The van der Waals surface area contributed by atoms with Crippen molar-refractivity contribution in [3.05, 3.63) is 48.2 Å². The molecule has 0 spiro atoms. The highest BCUT2D eigenvalue weighted by molar-refractivity contribution is 5.60. The third-order valence-electron chi connectivity index (χ3n) is 2.43. The van der Waals surface area contributed by atoms with Crippen LogP contribution in [-0.4, -0.2) is 17.1 Å². The van der Waals surface area contributed by atoms with Crippen molar-refractivity contribution in [2.75, 3.05) is 11.9 Å². The number of phenols is 1. The first-order valence-corrected chi connectivity index (χ1v) is 5.10. The number of rotatable bonds is 2. The molecule has 1 N–H and O–H groups in total. The third-order valence-corrected chi connectivity index (χ3v) is 2.43. The van der Waals surface area contributed by atoms with Crippen molar-refractivity contribution in [2.24, 2.45) is 0 Å². The summed E-state index contributed by atoms with van der Waals surface area (Å²) in [6.45, 7) is 0. The van der Waals surface area contributed by atoms with Crippen LogP contribution in [0.2, 0.25) is 0 Å². The summed E-state index contributed by atoms with van der Waals surface area (Å²) in [5, 5.41) is 18.0. The van der Waals surface area contributed by atoms with E-state index in [4.69, 9.17) is 5.26 Å². The van der Waals surface area contributed by atoms with Crippen LogP contribution in [0.4, 0.5) is 11.5 Å². The first-order chi connectivity index (χ1) is 8.20. The second-order valence-electron chi connectivity index (χ2n) is 3.57. The Morgan fingerprint density at radius 3 is 2.53 bits per heavy atom. The normalized spacial score (nSPS) is 9.65. The lowest BCUT2D eigenvalue weighted by Crippen LogP contribution is -2.11. The Morgan fingerprint density at radius 1 is 1.18 bits per heavy atom. The molecule has 1 aromatic heterocycles. The maximum Gasteiger partial charge on any atom is 0.142 e. The van der Waals surface area contributed by atoms with Crippen LogP contribution in [0.15, 0.2) is 42.5 Å². The molecule has 4 nitrogen and oxygen atoms in total. The number of nitriles is 1. The highest BCUT2D eigenvalue weighted by Gasteiger charge is 2.05. The maximum atomic E-state index is 9.21. The summed E-state index contributed by atoms with van der Waals surface area (Å²) in [5.41, 5.74) is 1.28. The number of pyridine rings is 1. The molecular formula is C13H11N3O. The fourth-order valence-electron chi connectivity index (χ4n) is 1.48. The summed E-state index contributed by atoms with van der Waals surface area (Å²) in [7, 11) is 1.86. The van der Waals surface area contributed by atoms with Crippen molar-refractivity contribution >= 4 is 11.5 Å². The zero-order valence-corrected chi connectivity index (χ0v) is 9.33. The predicted octanol–water partition coefficient (Wildman–Crippen LogP) is 2.43. The fourth-order valence-corrected chi connectivity index (χ4v) is 1.48. The van der Waals surface area contributed by atoms with E-state index in [2.05, 4.69) is 4.98 Å². The van der Waals surface area contributed by atoms with Crippen molar-refractivity contribution in [1.82, 2.24) is 4.98 Å². The average molecular weight is 225 g/mol. The summed E-state index contributed by atoms with van der Waals surface area (Å²) >= 11 is 0. The second-order valence-corrected chi connectivity index (χ2v) is 3.57. The number of benzene rings is 1. The molecule has 17 heavy (non-hydrogen) atoms. The quantitative estimate of drug-likeness (QED) is 0.852. The van der Waals surface area contributed by atoms with Gasteiger partial charge in [0, 0.05) is 12.7 Å². The average Bonchev–Trinajstić information content (AvgIpc) is 2.39. The number of anilines is 2. The lowest BCUT2D eigenvalue weighted by atomic mass is 10.2. The van der Waals surface area contributed by atoms with Gasteiger partial charge < -0.3 is 10.0 Å². The van der Waals surface area contributed by atoms with Crippen LogP contribution in [0.25, 0.3) is 0 Å². The first kappa shape index (κ1) is 11.0. The zero-order valence-electron chi connectivity index (χ0n) is 9.33. The zero-order chi connectivity index (χ0) is 12.3. The highest BCUT2D eigenvalue weighted by Crippen LogP contribution is 2.23. The minimum Gasteiger partial charge on any atom is -0.508 e. The molecule has 0 atom stereocenters. The SMILES string of the molecule is CN(c1ccc(O)cc1)c1cccc(C#N)n1. The van der Waals surface area contributed by atoms with Crippen LogP contribution in [0, 0.1) is 11.3 Å². The summed E-state index contributed by atoms with van der Waals surface area (Å²) in [6, 6.07) is 14.1. The van der Waals surface area contributed by atoms with Gasteiger partial charge in [0.05, 0.1) is 0 Å². The topological polar surface area (TPSA) is 60.1 Å². The van der Waals surface area contributed by atoms with E-state index in [1.807, 2.05) is 24.1 Å². The monoisotopic (exact) mass is 225 g/mol. The maximum absolute atomic E-state index is 9.21. The van der Waals surface area contributed by atoms with Crippen molar-refractivity contribution < 1.29 is 5.11 Å². The standard InChI is InChI=1S/C13H11N3O/c1-16(11-5-7-12(17)8-6-11)13-4-2-3-10(9-14)15-13/h2-8,17H,1H3. The van der Waals surface area contributed by atoms with Gasteiger partial charge in [-0.25, -0.2) is 4.98 Å². The highest BCUT2D eigenvalue weighted by atomic mass is 16.3. The third kappa shape index (κ3) is 2.34. The van der Waals surface area contributed by atoms with E-state index < -0.39 is 0 Å². The fraction of sp³-hybridized carbons (Fsp3) is 0.0769. The minimum absolute atomic E-state index is 0.223. The van der Waals surface area contributed by atoms with E-state index in [9.17, 15) is 5.11 Å². The Bertz CT molecular complexity index is 558. The van der Waals surface area contributed by atoms with E-state index in [1.54, 1.807) is 36.4 Å². The molecule has 0 unspecified atom stereocenters. The largest absolute Gasteiger partial charge is 0.508 e. The van der Waals surface area contributed by atoms with Crippen LogP contribution < -0.4 is 4.90 Å². The molecule has 0 saturated heterocycles. The lowest BCUT2D eigenvalue weighted by Gasteiger charge is -2.18. The van der Waals surface area contributed by atoms with Gasteiger partial charge in [0.25, 0.3) is 0 Å². The summed E-state index contributed by atoms with van der Waals surface area (Å²) in [5.74, 6) is 0.913. The van der Waals surface area contributed by atoms with Crippen molar-refractivity contribution in [1.29, 1.82) is 5.26 Å². The summed E-state index contributed by atoms with van der Waals surface area (Å²) < 4.78 is 0. The van der Waals surface area contributed by atoms with Crippen molar-refractivity contribution in [2.45, 2.75) is 0 Å². The van der Waals surface area contributed by atoms with E-state index >= 15 is 0 Å². The molecule has 1 aromatic carbocycles. The van der Waals surface area contributed by atoms with Gasteiger partial charge in [-0.3, -0.25) is 0 Å². The predicted molar refractivity (Wildman–Crippen MR) is 65.1 cm³/mol. The summed E-state index contributed by atoms with van der Waals surface area (Å²) in [4.78, 5) is 6.04. The smallest absolute Gasteiger partial charge is 0.142 e. The molecule has 2 rings (SSSR count). The Hall–Kier alpha value is -2.54. The van der Waals surface area contributed by atoms with Crippen LogP contribution in [-0.2, 0) is 0 Å². The van der Waals surface area contributed by atoms with Crippen LogP contribution in [0.5, 0.6) is 5.75 Å². The molecule has 0 amide bonds. The molecule has 0 aliphatic carbocycles. The number of hydrogen-bond donors (Lipinski definition) is 1. The molecular weight excluding hydrogens is 214 g/mol. The van der Waals surface area contributed by atoms with E-state index in [1.165, 1.54) is 0 Å². The molecule has 0 radical (unpaired) electrons. The number of aromatic nitrogens is 1. The van der Waals surface area contributed by atoms with E-state index in [0.29, 0.717) is 11.5 Å². The minimum atomic E-state index is 0.223. The number of phenolic OH excluding ortho intramolecular Hbond substituents is 1. The molecule has 1 heterocycles. The summed E-state index contributed by atoms with van der Waals surface area (Å²) in [6.07, 6.45) is 0. The van der Waals surface area contributed by atoms with Gasteiger partial charge in [0.1, 0.15) is 23.3 Å². The van der Waals surface area contributed by atoms with Gasteiger partial charge in [-0.1, -0.05) is 6.07 Å². The molecule has 2 aromatic rings. The van der Waals surface area contributed by atoms with Gasteiger partial charge in [0.15, 0.2) is 0 Å². The Morgan fingerprint density at radius 2 is 1.88 bits per heavy atom. The van der Waals surface area contributed by atoms with E-state index in [-0.39, 0.29) is 5.75 Å². The molecule has 0 fully saturated rings. The molecule has 0 bridgehead atoms. The van der Waals surface area contributed by atoms with E-state index in [0.717, 1.165) is 5.69 Å². The van der Waals surface area contributed by atoms with Crippen LogP contribution in [0.3, 0.4) is 0 Å². The van der Waals surface area contributed by atoms with Gasteiger partial charge in [-0.05, 0) is 36.4 Å². The number of nitrogens with zero attached hydrogens (tertiary/aromatic N) is 3. The molecule has 0 aliphatic heterocycles. The Kier molecular flexibility index (Phi) is 2.93.